The van der Waals surface area contributed by atoms with Crippen molar-refractivity contribution < 1.29 is 17.9 Å². The molecule has 39 heavy (non-hydrogen) atoms. The van der Waals surface area contributed by atoms with E-state index in [4.69, 9.17) is 14.7 Å². The number of piperidine rings is 1. The molecule has 2 aromatic heterocycles. The minimum absolute atomic E-state index is 0.185. The van der Waals surface area contributed by atoms with Gasteiger partial charge in [0.05, 0.1) is 24.4 Å². The fraction of sp³-hybridized carbons (Fsp3) is 0.714. The molecule has 4 bridgehead atoms. The van der Waals surface area contributed by atoms with Crippen LogP contribution in [0.3, 0.4) is 0 Å². The molecule has 2 unspecified atom stereocenters. The molecular formula is C28H36F3N7O. The molecule has 4 aliphatic carbocycles. The standard InChI is InChI=1S/C28H36F3N7O/c1-25(2)15-38(27-12-26(13-27,14-27)28(29,30)31)24-22(25)23(32-3)34-20(35-24)8-19-16-5-6-17(19)11-37(10-16)18-7-21(39-4)36-33-9-18/h7,9,16-17,19H,5-6,8,10-15H2,1-4H3,(H,32,34,35). The summed E-state index contributed by atoms with van der Waals surface area (Å²) >= 11 is 0. The molecule has 0 spiro atoms. The van der Waals surface area contributed by atoms with Gasteiger partial charge in [0.1, 0.15) is 17.5 Å². The quantitative estimate of drug-likeness (QED) is 0.566. The number of nitrogens with zero attached hydrogens (tertiary/aromatic N) is 6. The van der Waals surface area contributed by atoms with E-state index in [1.807, 2.05) is 13.1 Å². The van der Waals surface area contributed by atoms with Crippen LogP contribution in [0.15, 0.2) is 12.3 Å². The number of nitrogens with one attached hydrogen (secondary N) is 1. The van der Waals surface area contributed by atoms with Crippen molar-refractivity contribution in [2.75, 3.05) is 48.9 Å². The Hall–Kier alpha value is -2.85. The SMILES string of the molecule is CNc1nc(CC2C3CCC2CN(c2cnnc(OC)c2)C3)nc2c1C(C)(C)CN2C12CC(C(F)(F)F)(C1)C2. The molecule has 11 heteroatoms. The number of anilines is 3. The summed E-state index contributed by atoms with van der Waals surface area (Å²) in [5.74, 6) is 4.52. The molecule has 2 aromatic rings. The molecule has 4 saturated carbocycles. The maximum Gasteiger partial charge on any atom is 0.394 e. The first-order chi connectivity index (χ1) is 18.5. The van der Waals surface area contributed by atoms with Gasteiger partial charge in [-0.15, -0.1) is 5.10 Å². The maximum absolute atomic E-state index is 13.7. The molecule has 5 fully saturated rings. The molecule has 2 aliphatic heterocycles. The van der Waals surface area contributed by atoms with Crippen molar-refractivity contribution in [1.29, 1.82) is 0 Å². The Labute approximate surface area is 226 Å². The zero-order valence-corrected chi connectivity index (χ0v) is 23.0. The van der Waals surface area contributed by atoms with Gasteiger partial charge >= 0.3 is 6.18 Å². The van der Waals surface area contributed by atoms with E-state index in [0.717, 1.165) is 48.2 Å². The lowest BCUT2D eigenvalue weighted by atomic mass is 9.38. The number of ether oxygens (including phenoxy) is 1. The van der Waals surface area contributed by atoms with Crippen molar-refractivity contribution in [3.63, 3.8) is 0 Å². The lowest BCUT2D eigenvalue weighted by Crippen LogP contribution is -2.79. The van der Waals surface area contributed by atoms with Crippen molar-refractivity contribution in [3.05, 3.63) is 23.7 Å². The van der Waals surface area contributed by atoms with E-state index in [1.165, 1.54) is 12.8 Å². The Morgan fingerprint density at radius 2 is 1.79 bits per heavy atom. The van der Waals surface area contributed by atoms with Crippen LogP contribution in [0.4, 0.5) is 30.5 Å². The van der Waals surface area contributed by atoms with Gasteiger partial charge in [-0.05, 0) is 49.9 Å². The Morgan fingerprint density at radius 3 is 2.41 bits per heavy atom. The summed E-state index contributed by atoms with van der Waals surface area (Å²) in [6.07, 6.45) is 1.37. The van der Waals surface area contributed by atoms with Crippen molar-refractivity contribution in [2.45, 2.75) is 69.5 Å². The van der Waals surface area contributed by atoms with Crippen molar-refractivity contribution in [1.82, 2.24) is 20.2 Å². The molecule has 4 heterocycles. The highest BCUT2D eigenvalue weighted by atomic mass is 19.4. The van der Waals surface area contributed by atoms with E-state index >= 15 is 0 Å². The van der Waals surface area contributed by atoms with E-state index < -0.39 is 17.1 Å². The van der Waals surface area contributed by atoms with Crippen LogP contribution in [0.2, 0.25) is 0 Å². The van der Waals surface area contributed by atoms with Crippen molar-refractivity contribution >= 4 is 17.3 Å². The Morgan fingerprint density at radius 1 is 1.10 bits per heavy atom. The van der Waals surface area contributed by atoms with E-state index in [1.54, 1.807) is 13.3 Å². The number of halogens is 3. The molecule has 0 aromatic carbocycles. The third-order valence-corrected chi connectivity index (χ3v) is 10.5. The van der Waals surface area contributed by atoms with Gasteiger partial charge in [0.15, 0.2) is 0 Å². The molecule has 6 aliphatic rings. The molecule has 2 atom stereocenters. The number of alkyl halides is 3. The summed E-state index contributed by atoms with van der Waals surface area (Å²) in [5, 5.41) is 11.4. The summed E-state index contributed by atoms with van der Waals surface area (Å²) in [5.41, 5.74) is -0.0632. The Balaban J connectivity index is 1.14. The topological polar surface area (TPSA) is 79.3 Å². The zero-order chi connectivity index (χ0) is 27.4. The molecular weight excluding hydrogens is 507 g/mol. The van der Waals surface area contributed by atoms with Gasteiger partial charge in [0.2, 0.25) is 5.88 Å². The van der Waals surface area contributed by atoms with E-state index in [0.29, 0.717) is 30.2 Å². The van der Waals surface area contributed by atoms with Gasteiger partial charge in [0.25, 0.3) is 0 Å². The third-order valence-electron chi connectivity index (χ3n) is 10.5. The van der Waals surface area contributed by atoms with Crippen LogP contribution in [0, 0.1) is 23.2 Å². The van der Waals surface area contributed by atoms with Crippen LogP contribution in [0.1, 0.15) is 57.3 Å². The second-order valence-corrected chi connectivity index (χ2v) is 13.3. The van der Waals surface area contributed by atoms with E-state index in [-0.39, 0.29) is 24.7 Å². The molecule has 1 N–H and O–H groups in total. The van der Waals surface area contributed by atoms with Gasteiger partial charge in [-0.1, -0.05) is 13.8 Å². The molecule has 1 saturated heterocycles. The summed E-state index contributed by atoms with van der Waals surface area (Å²) < 4.78 is 46.2. The smallest absolute Gasteiger partial charge is 0.394 e. The number of aromatic nitrogens is 4. The lowest BCUT2D eigenvalue weighted by Gasteiger charge is -2.73. The summed E-state index contributed by atoms with van der Waals surface area (Å²) in [6, 6.07) is 1.94. The van der Waals surface area contributed by atoms with Crippen LogP contribution >= 0.6 is 0 Å². The number of methoxy groups -OCH3 is 1. The van der Waals surface area contributed by atoms with Crippen LogP contribution < -0.4 is 19.9 Å². The normalized spacial score (nSPS) is 33.9. The van der Waals surface area contributed by atoms with Crippen LogP contribution in [0.25, 0.3) is 0 Å². The first kappa shape index (κ1) is 25.1. The van der Waals surface area contributed by atoms with Crippen LogP contribution in [-0.4, -0.2) is 65.7 Å². The highest BCUT2D eigenvalue weighted by molar-refractivity contribution is 5.70. The fourth-order valence-corrected chi connectivity index (χ4v) is 8.55. The Kier molecular flexibility index (Phi) is 5.22. The zero-order valence-electron chi connectivity index (χ0n) is 23.0. The average molecular weight is 544 g/mol. The lowest BCUT2D eigenvalue weighted by molar-refractivity contribution is -0.332. The Bertz CT molecular complexity index is 1280. The first-order valence-corrected chi connectivity index (χ1v) is 14.0. The largest absolute Gasteiger partial charge is 0.480 e. The van der Waals surface area contributed by atoms with E-state index in [2.05, 4.69) is 39.2 Å². The second-order valence-electron chi connectivity index (χ2n) is 13.3. The molecule has 210 valence electrons. The summed E-state index contributed by atoms with van der Waals surface area (Å²) in [7, 11) is 3.48. The minimum atomic E-state index is -4.12. The van der Waals surface area contributed by atoms with Gasteiger partial charge in [0, 0.05) is 55.7 Å². The van der Waals surface area contributed by atoms with Crippen LogP contribution in [-0.2, 0) is 11.8 Å². The first-order valence-electron chi connectivity index (χ1n) is 14.0. The van der Waals surface area contributed by atoms with Gasteiger partial charge in [-0.2, -0.15) is 18.3 Å². The number of hydrogen-bond acceptors (Lipinski definition) is 8. The predicted octanol–water partition coefficient (Wildman–Crippen LogP) is 4.60. The van der Waals surface area contributed by atoms with Crippen LogP contribution in [0.5, 0.6) is 5.88 Å². The van der Waals surface area contributed by atoms with Crippen molar-refractivity contribution in [3.8, 4) is 5.88 Å². The molecule has 0 amide bonds. The highest BCUT2D eigenvalue weighted by Gasteiger charge is 2.81. The number of hydrogen-bond donors (Lipinski definition) is 1. The molecule has 0 radical (unpaired) electrons. The monoisotopic (exact) mass is 543 g/mol. The predicted molar refractivity (Wildman–Crippen MR) is 141 cm³/mol. The van der Waals surface area contributed by atoms with Crippen molar-refractivity contribution in [2.24, 2.45) is 23.2 Å². The summed E-state index contributed by atoms with van der Waals surface area (Å²) in [6.45, 7) is 6.87. The molecule has 8 rings (SSSR count). The third kappa shape index (κ3) is 3.56. The average Bonchev–Trinajstić information content (AvgIpc) is 3.22. The summed E-state index contributed by atoms with van der Waals surface area (Å²) in [4.78, 5) is 14.7. The highest BCUT2D eigenvalue weighted by Crippen LogP contribution is 2.76. The molecule has 8 nitrogen and oxygen atoms in total. The fourth-order valence-electron chi connectivity index (χ4n) is 8.55. The van der Waals surface area contributed by atoms with Gasteiger partial charge in [-0.3, -0.25) is 0 Å². The minimum Gasteiger partial charge on any atom is -0.480 e. The second kappa shape index (κ2) is 8.10. The number of fused-ring (bicyclic) bond motifs is 3. The number of rotatable bonds is 6. The maximum atomic E-state index is 13.7. The van der Waals surface area contributed by atoms with Gasteiger partial charge in [-0.25, -0.2) is 9.97 Å². The van der Waals surface area contributed by atoms with E-state index in [9.17, 15) is 13.2 Å². The van der Waals surface area contributed by atoms with Gasteiger partial charge < -0.3 is 19.9 Å².